The van der Waals surface area contributed by atoms with Gasteiger partial charge in [0.1, 0.15) is 30.5 Å². The molecule has 0 radical (unpaired) electrons. The van der Waals surface area contributed by atoms with E-state index in [1.165, 1.54) is 4.90 Å². The highest BCUT2D eigenvalue weighted by molar-refractivity contribution is 5.89. The smallest absolute Gasteiger partial charge is 0.408 e. The van der Waals surface area contributed by atoms with E-state index in [-0.39, 0.29) is 45.2 Å². The molecule has 8 aromatic rings. The second kappa shape index (κ2) is 24.0. The highest BCUT2D eigenvalue weighted by atomic mass is 16.5. The van der Waals surface area contributed by atoms with Crippen LogP contribution in [0.2, 0.25) is 0 Å². The Balaban J connectivity index is 1.08. The molecule has 1 heterocycles. The van der Waals surface area contributed by atoms with Crippen molar-refractivity contribution in [3.8, 4) is 5.75 Å². The Labute approximate surface area is 403 Å². The van der Waals surface area contributed by atoms with Gasteiger partial charge in [-0.2, -0.15) is 0 Å². The minimum Gasteiger partial charge on any atom is -0.489 e. The molecule has 0 aliphatic heterocycles. The fourth-order valence-corrected chi connectivity index (χ4v) is 8.29. The number of ether oxygens (including phenoxy) is 3. The SMILES string of the molecule is O=C(CN(Cc1ccc(OCc2ccccc2)cc1)C(=O)[C@H](Cc1cn(C(c2ccccc2)(c2ccccc2)c2ccccc2)cn1)NC(=O)OCc1ccccc1)NCCOCc1ccccc1. The molecule has 0 unspecified atom stereocenters. The van der Waals surface area contributed by atoms with Crippen LogP contribution in [-0.4, -0.2) is 58.1 Å². The third kappa shape index (κ3) is 12.8. The van der Waals surface area contributed by atoms with Gasteiger partial charge >= 0.3 is 6.09 Å². The molecule has 3 amide bonds. The molecule has 0 saturated carbocycles. The van der Waals surface area contributed by atoms with Crippen LogP contribution in [0, 0.1) is 0 Å². The van der Waals surface area contributed by atoms with Gasteiger partial charge in [0.15, 0.2) is 0 Å². The van der Waals surface area contributed by atoms with Gasteiger partial charge in [-0.15, -0.1) is 0 Å². The summed E-state index contributed by atoms with van der Waals surface area (Å²) in [4.78, 5) is 48.9. The number of carbonyl (C=O) groups excluding carboxylic acids is 3. The van der Waals surface area contributed by atoms with Gasteiger partial charge in [-0.25, -0.2) is 9.78 Å². The van der Waals surface area contributed by atoms with Crippen LogP contribution < -0.4 is 15.4 Å². The van der Waals surface area contributed by atoms with Gasteiger partial charge in [0, 0.05) is 25.7 Å². The van der Waals surface area contributed by atoms with Crippen molar-refractivity contribution in [2.45, 2.75) is 44.4 Å². The van der Waals surface area contributed by atoms with Crippen molar-refractivity contribution < 1.29 is 28.6 Å². The molecule has 2 N–H and O–H groups in total. The van der Waals surface area contributed by atoms with Crippen LogP contribution in [0.25, 0.3) is 0 Å². The van der Waals surface area contributed by atoms with Crippen molar-refractivity contribution >= 4 is 17.9 Å². The molecule has 0 fully saturated rings. The predicted octanol–water partition coefficient (Wildman–Crippen LogP) is 9.50. The quantitative estimate of drug-likeness (QED) is 0.0513. The topological polar surface area (TPSA) is 124 Å². The van der Waals surface area contributed by atoms with E-state index in [1.54, 1.807) is 6.33 Å². The summed E-state index contributed by atoms with van der Waals surface area (Å²) in [6.07, 6.45) is 2.89. The fourth-order valence-electron chi connectivity index (χ4n) is 8.29. The Morgan fingerprint density at radius 1 is 0.580 bits per heavy atom. The molecule has 69 heavy (non-hydrogen) atoms. The molecule has 0 aliphatic rings. The van der Waals surface area contributed by atoms with E-state index in [0.717, 1.165) is 38.9 Å². The van der Waals surface area contributed by atoms with Crippen molar-refractivity contribution in [2.24, 2.45) is 0 Å². The standard InChI is InChI=1S/C58H55N5O6/c64-55(59-35-36-67-41-46-19-7-1-8-20-46)40-62(38-45-31-33-53(34-32-45)68-42-47-21-9-2-10-22-47)56(65)54(61-57(66)69-43-48-23-11-3-12-24-48)37-52-39-63(44-60-52)58(49-25-13-4-14-26-49,50-27-15-5-16-28-50)51-29-17-6-18-30-51/h1-34,39,44,54H,35-38,40-43H2,(H,59,64)(H,61,66)/t54-/m0/s1. The fraction of sp³-hybridized carbons (Fsp3) is 0.172. The van der Waals surface area contributed by atoms with E-state index in [2.05, 4.69) is 51.6 Å². The van der Waals surface area contributed by atoms with Gasteiger partial charge in [0.05, 0.1) is 31.8 Å². The number of aromatic nitrogens is 2. The molecule has 1 aromatic heterocycles. The lowest BCUT2D eigenvalue weighted by atomic mass is 9.77. The van der Waals surface area contributed by atoms with Crippen LogP contribution in [0.4, 0.5) is 4.79 Å². The molecule has 0 bridgehead atoms. The summed E-state index contributed by atoms with van der Waals surface area (Å²) in [6.45, 7) is 1.06. The predicted molar refractivity (Wildman–Crippen MR) is 266 cm³/mol. The van der Waals surface area contributed by atoms with Gasteiger partial charge in [0.2, 0.25) is 11.8 Å². The molecule has 348 valence electrons. The number of hydrogen-bond donors (Lipinski definition) is 2. The van der Waals surface area contributed by atoms with E-state index < -0.39 is 23.6 Å². The van der Waals surface area contributed by atoms with Gasteiger partial charge in [0.25, 0.3) is 0 Å². The average molecular weight is 918 g/mol. The minimum absolute atomic E-state index is 0.00683. The summed E-state index contributed by atoms with van der Waals surface area (Å²) in [5.74, 6) is -0.230. The van der Waals surface area contributed by atoms with E-state index in [9.17, 15) is 9.59 Å². The molecule has 7 aromatic carbocycles. The highest BCUT2D eigenvalue weighted by Gasteiger charge is 2.39. The molecule has 0 aliphatic carbocycles. The molecule has 0 saturated heterocycles. The maximum Gasteiger partial charge on any atom is 0.408 e. The van der Waals surface area contributed by atoms with Crippen molar-refractivity contribution in [3.63, 3.8) is 0 Å². The summed E-state index contributed by atoms with van der Waals surface area (Å²) in [5.41, 5.74) is 6.27. The normalized spacial score (nSPS) is 11.5. The summed E-state index contributed by atoms with van der Waals surface area (Å²) >= 11 is 0. The van der Waals surface area contributed by atoms with Crippen molar-refractivity contribution in [1.29, 1.82) is 0 Å². The number of amides is 3. The van der Waals surface area contributed by atoms with Crippen LogP contribution >= 0.6 is 0 Å². The first-order chi connectivity index (χ1) is 33.9. The van der Waals surface area contributed by atoms with E-state index in [1.807, 2.05) is 176 Å². The third-order valence-corrected chi connectivity index (χ3v) is 11.7. The first-order valence-corrected chi connectivity index (χ1v) is 23.0. The van der Waals surface area contributed by atoms with E-state index in [0.29, 0.717) is 24.7 Å². The second-order valence-electron chi connectivity index (χ2n) is 16.5. The number of hydrogen-bond acceptors (Lipinski definition) is 7. The lowest BCUT2D eigenvalue weighted by Crippen LogP contribution is -2.52. The van der Waals surface area contributed by atoms with Gasteiger partial charge in [-0.1, -0.05) is 194 Å². The lowest BCUT2D eigenvalue weighted by Gasteiger charge is -2.37. The zero-order valence-electron chi connectivity index (χ0n) is 38.3. The van der Waals surface area contributed by atoms with Crippen molar-refractivity contribution in [2.75, 3.05) is 19.7 Å². The van der Waals surface area contributed by atoms with Crippen LogP contribution in [-0.2, 0) is 57.4 Å². The van der Waals surface area contributed by atoms with Crippen LogP contribution in [0.1, 0.15) is 44.6 Å². The van der Waals surface area contributed by atoms with E-state index in [4.69, 9.17) is 19.2 Å². The Bertz CT molecular complexity index is 2720. The molecule has 8 rings (SSSR count). The summed E-state index contributed by atoms with van der Waals surface area (Å²) in [5, 5.41) is 5.77. The number of imidazole rings is 1. The zero-order chi connectivity index (χ0) is 47.5. The Morgan fingerprint density at radius 2 is 1.07 bits per heavy atom. The molecular formula is C58H55N5O6. The first kappa shape index (κ1) is 47.2. The summed E-state index contributed by atoms with van der Waals surface area (Å²) < 4.78 is 19.6. The monoisotopic (exact) mass is 917 g/mol. The molecule has 11 heteroatoms. The number of rotatable bonds is 22. The maximum atomic E-state index is 15.1. The average Bonchev–Trinajstić information content (AvgIpc) is 3.87. The number of carbonyl (C=O) groups is 3. The third-order valence-electron chi connectivity index (χ3n) is 11.7. The zero-order valence-corrected chi connectivity index (χ0v) is 38.3. The van der Waals surface area contributed by atoms with Gasteiger partial charge in [-0.05, 0) is 51.1 Å². The molecule has 0 spiro atoms. The summed E-state index contributed by atoms with van der Waals surface area (Å²) in [7, 11) is 0. The summed E-state index contributed by atoms with van der Waals surface area (Å²) in [6, 6.07) is 65.8. The number of nitrogens with one attached hydrogen (secondary N) is 2. The van der Waals surface area contributed by atoms with Gasteiger partial charge < -0.3 is 34.3 Å². The maximum absolute atomic E-state index is 15.1. The Morgan fingerprint density at radius 3 is 1.61 bits per heavy atom. The van der Waals surface area contributed by atoms with E-state index >= 15 is 4.79 Å². The Kier molecular flexibility index (Phi) is 16.4. The minimum atomic E-state index is -1.19. The largest absolute Gasteiger partial charge is 0.489 e. The van der Waals surface area contributed by atoms with Gasteiger partial charge in [-0.3, -0.25) is 9.59 Å². The molecular weight excluding hydrogens is 863 g/mol. The van der Waals surface area contributed by atoms with Crippen LogP contribution in [0.5, 0.6) is 5.75 Å². The molecule has 11 nitrogen and oxygen atoms in total. The van der Waals surface area contributed by atoms with Crippen LogP contribution in [0.3, 0.4) is 0 Å². The first-order valence-electron chi connectivity index (χ1n) is 23.0. The Hall–Kier alpha value is -8.28. The number of benzene rings is 7. The number of alkyl carbamates (subject to hydrolysis) is 1. The van der Waals surface area contributed by atoms with Crippen LogP contribution in [0.15, 0.2) is 219 Å². The number of nitrogens with zero attached hydrogens (tertiary/aromatic N) is 3. The van der Waals surface area contributed by atoms with Crippen molar-refractivity contribution in [1.82, 2.24) is 25.1 Å². The second-order valence-corrected chi connectivity index (χ2v) is 16.5. The highest BCUT2D eigenvalue weighted by Crippen LogP contribution is 2.41. The van der Waals surface area contributed by atoms with Crippen molar-refractivity contribution in [3.05, 3.63) is 263 Å². The molecule has 1 atom stereocenters. The lowest BCUT2D eigenvalue weighted by molar-refractivity contribution is -0.138.